The maximum absolute atomic E-state index is 11.6. The molecule has 0 spiro atoms. The van der Waals surface area contributed by atoms with Crippen molar-refractivity contribution < 1.29 is 24.0 Å². The number of carbonyl (C=O) groups excluding carboxylic acids is 4. The number of rotatable bonds is 5. The first-order valence-electron chi connectivity index (χ1n) is 6.31. The molecule has 0 saturated carbocycles. The van der Waals surface area contributed by atoms with E-state index >= 15 is 0 Å². The van der Waals surface area contributed by atoms with Crippen molar-refractivity contribution in [1.82, 2.24) is 5.06 Å². The summed E-state index contributed by atoms with van der Waals surface area (Å²) in [5.41, 5.74) is -0.426. The van der Waals surface area contributed by atoms with E-state index in [1.807, 2.05) is 20.8 Å². The van der Waals surface area contributed by atoms with Crippen molar-refractivity contribution >= 4 is 23.6 Å². The minimum absolute atomic E-state index is 0.0128. The SMILES string of the molecule is CC(C)(C)C(=O)CCCC(=O)ON1C(=O)CCC1=O. The van der Waals surface area contributed by atoms with Crippen molar-refractivity contribution in [3.05, 3.63) is 0 Å². The molecule has 19 heavy (non-hydrogen) atoms. The molecule has 1 rings (SSSR count). The number of amides is 2. The van der Waals surface area contributed by atoms with Crippen LogP contribution in [0.4, 0.5) is 0 Å². The van der Waals surface area contributed by atoms with Gasteiger partial charge < -0.3 is 4.84 Å². The van der Waals surface area contributed by atoms with Gasteiger partial charge in [-0.25, -0.2) is 4.79 Å². The zero-order valence-corrected chi connectivity index (χ0v) is 11.5. The maximum Gasteiger partial charge on any atom is 0.333 e. The summed E-state index contributed by atoms with van der Waals surface area (Å²) in [6.07, 6.45) is 0.799. The quantitative estimate of drug-likeness (QED) is 0.704. The summed E-state index contributed by atoms with van der Waals surface area (Å²) in [4.78, 5) is 50.2. The first kappa shape index (κ1) is 15.3. The largest absolute Gasteiger partial charge is 0.333 e. The van der Waals surface area contributed by atoms with Crippen molar-refractivity contribution in [2.45, 2.75) is 52.9 Å². The summed E-state index contributed by atoms with van der Waals surface area (Å²) < 4.78 is 0. The van der Waals surface area contributed by atoms with Crippen LogP contribution in [0, 0.1) is 5.41 Å². The summed E-state index contributed by atoms with van der Waals surface area (Å²) in [5, 5.41) is 0.522. The molecule has 6 heteroatoms. The highest BCUT2D eigenvalue weighted by Crippen LogP contribution is 2.19. The van der Waals surface area contributed by atoms with Crippen molar-refractivity contribution in [2.24, 2.45) is 5.41 Å². The summed E-state index contributed by atoms with van der Waals surface area (Å²) in [7, 11) is 0. The molecule has 0 atom stereocenters. The van der Waals surface area contributed by atoms with Gasteiger partial charge in [0, 0.05) is 31.1 Å². The van der Waals surface area contributed by atoms with Crippen LogP contribution in [0.3, 0.4) is 0 Å². The van der Waals surface area contributed by atoms with Gasteiger partial charge in [0.25, 0.3) is 11.8 Å². The monoisotopic (exact) mass is 269 g/mol. The van der Waals surface area contributed by atoms with Gasteiger partial charge in [0.2, 0.25) is 0 Å². The third-order valence-corrected chi connectivity index (χ3v) is 2.82. The number of nitrogens with zero attached hydrogens (tertiary/aromatic N) is 1. The minimum Gasteiger partial charge on any atom is -0.330 e. The molecule has 1 heterocycles. The molecule has 106 valence electrons. The summed E-state index contributed by atoms with van der Waals surface area (Å²) in [6, 6.07) is 0. The molecule has 2 amide bonds. The van der Waals surface area contributed by atoms with Gasteiger partial charge in [-0.3, -0.25) is 14.4 Å². The highest BCUT2D eigenvalue weighted by Gasteiger charge is 2.32. The number of carbonyl (C=O) groups is 4. The van der Waals surface area contributed by atoms with E-state index in [1.165, 1.54) is 0 Å². The summed E-state index contributed by atoms with van der Waals surface area (Å²) in [5.74, 6) is -1.59. The van der Waals surface area contributed by atoms with Gasteiger partial charge in [0.05, 0.1) is 0 Å². The van der Waals surface area contributed by atoms with E-state index in [2.05, 4.69) is 4.84 Å². The van der Waals surface area contributed by atoms with Gasteiger partial charge in [-0.05, 0) is 6.42 Å². The lowest BCUT2D eigenvalue weighted by Crippen LogP contribution is -2.32. The predicted molar refractivity (Wildman–Crippen MR) is 65.5 cm³/mol. The Bertz CT molecular complexity index is 392. The van der Waals surface area contributed by atoms with Crippen LogP contribution >= 0.6 is 0 Å². The van der Waals surface area contributed by atoms with Crippen molar-refractivity contribution in [3.8, 4) is 0 Å². The molecule has 0 bridgehead atoms. The van der Waals surface area contributed by atoms with Crippen molar-refractivity contribution in [3.63, 3.8) is 0 Å². The van der Waals surface area contributed by atoms with Crippen LogP contribution < -0.4 is 0 Å². The van der Waals surface area contributed by atoms with E-state index in [0.29, 0.717) is 11.5 Å². The van der Waals surface area contributed by atoms with Crippen LogP contribution in [0.15, 0.2) is 0 Å². The Balaban J connectivity index is 2.31. The van der Waals surface area contributed by atoms with Crippen LogP contribution in [0.5, 0.6) is 0 Å². The molecule has 1 aliphatic rings. The second-order valence-electron chi connectivity index (χ2n) is 5.57. The van der Waals surface area contributed by atoms with E-state index < -0.39 is 23.2 Å². The Kier molecular flexibility index (Phi) is 4.80. The summed E-state index contributed by atoms with van der Waals surface area (Å²) in [6.45, 7) is 5.44. The van der Waals surface area contributed by atoms with Crippen LogP contribution in [-0.2, 0) is 24.0 Å². The Morgan fingerprint density at radius 3 is 2.11 bits per heavy atom. The minimum atomic E-state index is -0.662. The fraction of sp³-hybridized carbons (Fsp3) is 0.692. The lowest BCUT2D eigenvalue weighted by atomic mass is 9.88. The van der Waals surface area contributed by atoms with Gasteiger partial charge in [0.1, 0.15) is 5.78 Å². The Labute approximate surface area is 112 Å². The molecule has 0 N–H and O–H groups in total. The van der Waals surface area contributed by atoms with Crippen LogP contribution in [0.1, 0.15) is 52.9 Å². The number of Topliss-reactive ketones (excluding diaryl/α,β-unsaturated/α-hetero) is 1. The smallest absolute Gasteiger partial charge is 0.330 e. The average Bonchev–Trinajstić information content (AvgIpc) is 2.59. The number of ketones is 1. The molecule has 1 fully saturated rings. The van der Waals surface area contributed by atoms with E-state index in [9.17, 15) is 19.2 Å². The van der Waals surface area contributed by atoms with Gasteiger partial charge in [-0.1, -0.05) is 20.8 Å². The number of hydrogen-bond donors (Lipinski definition) is 0. The Morgan fingerprint density at radius 2 is 1.63 bits per heavy atom. The fourth-order valence-electron chi connectivity index (χ4n) is 1.57. The highest BCUT2D eigenvalue weighted by atomic mass is 16.7. The van der Waals surface area contributed by atoms with E-state index in [4.69, 9.17) is 0 Å². The van der Waals surface area contributed by atoms with Gasteiger partial charge in [0.15, 0.2) is 0 Å². The number of hydroxylamine groups is 2. The molecular formula is C13H19NO5. The Morgan fingerprint density at radius 1 is 1.11 bits per heavy atom. The molecule has 0 aromatic heterocycles. The van der Waals surface area contributed by atoms with Crippen LogP contribution in [0.2, 0.25) is 0 Å². The van der Waals surface area contributed by atoms with Crippen LogP contribution in [-0.4, -0.2) is 28.6 Å². The standard InChI is InChI=1S/C13H19NO5/c1-13(2,3)9(15)5-4-6-12(18)19-14-10(16)7-8-11(14)17/h4-8H2,1-3H3. The zero-order chi connectivity index (χ0) is 14.6. The second-order valence-corrected chi connectivity index (χ2v) is 5.57. The third kappa shape index (κ3) is 4.46. The van der Waals surface area contributed by atoms with E-state index in [1.54, 1.807) is 0 Å². The first-order chi connectivity index (χ1) is 8.71. The Hall–Kier alpha value is -1.72. The van der Waals surface area contributed by atoms with E-state index in [-0.39, 0.29) is 31.5 Å². The lowest BCUT2D eigenvalue weighted by molar-refractivity contribution is -0.197. The number of imide groups is 1. The molecule has 1 aliphatic heterocycles. The molecule has 0 radical (unpaired) electrons. The molecular weight excluding hydrogens is 250 g/mol. The summed E-state index contributed by atoms with van der Waals surface area (Å²) >= 11 is 0. The molecule has 6 nitrogen and oxygen atoms in total. The van der Waals surface area contributed by atoms with Gasteiger partial charge >= 0.3 is 5.97 Å². The third-order valence-electron chi connectivity index (χ3n) is 2.82. The van der Waals surface area contributed by atoms with Crippen molar-refractivity contribution in [2.75, 3.05) is 0 Å². The van der Waals surface area contributed by atoms with Gasteiger partial charge in [-0.2, -0.15) is 0 Å². The fourth-order valence-corrected chi connectivity index (χ4v) is 1.57. The lowest BCUT2D eigenvalue weighted by Gasteiger charge is -2.16. The topological polar surface area (TPSA) is 80.8 Å². The average molecular weight is 269 g/mol. The molecule has 0 aromatic rings. The molecule has 0 unspecified atom stereocenters. The zero-order valence-electron chi connectivity index (χ0n) is 11.5. The highest BCUT2D eigenvalue weighted by molar-refractivity contribution is 6.01. The normalized spacial score (nSPS) is 15.8. The molecule has 0 aliphatic carbocycles. The predicted octanol–water partition coefficient (Wildman–Crippen LogP) is 1.38. The second kappa shape index (κ2) is 5.95. The molecule has 1 saturated heterocycles. The molecule has 0 aromatic carbocycles. The maximum atomic E-state index is 11.6. The number of hydrogen-bond acceptors (Lipinski definition) is 5. The first-order valence-corrected chi connectivity index (χ1v) is 6.31. The van der Waals surface area contributed by atoms with Crippen LogP contribution in [0.25, 0.3) is 0 Å². The van der Waals surface area contributed by atoms with Crippen molar-refractivity contribution in [1.29, 1.82) is 0 Å². The van der Waals surface area contributed by atoms with E-state index in [0.717, 1.165) is 0 Å². The van der Waals surface area contributed by atoms with Gasteiger partial charge in [-0.15, -0.1) is 5.06 Å².